The van der Waals surface area contributed by atoms with Crippen LogP contribution in [0.15, 0.2) is 30.3 Å². The minimum atomic E-state index is -0.419. The van der Waals surface area contributed by atoms with Gasteiger partial charge in [-0.2, -0.15) is 0 Å². The van der Waals surface area contributed by atoms with E-state index >= 15 is 0 Å². The maximum absolute atomic E-state index is 13.8. The van der Waals surface area contributed by atoms with Gasteiger partial charge in [0.25, 0.3) is 0 Å². The van der Waals surface area contributed by atoms with Crippen molar-refractivity contribution in [2.45, 2.75) is 0 Å². The summed E-state index contributed by atoms with van der Waals surface area (Å²) in [5.74, 6) is 1.19. The fourth-order valence-corrected chi connectivity index (χ4v) is 2.08. The molecule has 2 heterocycles. The van der Waals surface area contributed by atoms with Crippen LogP contribution in [0.1, 0.15) is 0 Å². The van der Waals surface area contributed by atoms with Gasteiger partial charge in [0.2, 0.25) is 0 Å². The highest BCUT2D eigenvalue weighted by Gasteiger charge is 2.10. The van der Waals surface area contributed by atoms with Crippen molar-refractivity contribution in [3.63, 3.8) is 0 Å². The van der Waals surface area contributed by atoms with Crippen molar-refractivity contribution in [3.8, 4) is 17.1 Å². The Labute approximate surface area is 121 Å². The molecule has 0 saturated carbocycles. The van der Waals surface area contributed by atoms with Gasteiger partial charge < -0.3 is 14.6 Å². The molecule has 0 unspecified atom stereocenters. The molecular formula is C15H15FN4O. The number of nitrogens with one attached hydrogen (secondary N) is 1. The van der Waals surface area contributed by atoms with Gasteiger partial charge >= 0.3 is 0 Å². The van der Waals surface area contributed by atoms with E-state index in [1.165, 1.54) is 13.2 Å². The van der Waals surface area contributed by atoms with Crippen molar-refractivity contribution in [2.75, 3.05) is 26.1 Å². The van der Waals surface area contributed by atoms with Gasteiger partial charge in [-0.25, -0.2) is 14.4 Å². The second kappa shape index (κ2) is 5.05. The number of pyridine rings is 1. The maximum atomic E-state index is 13.8. The summed E-state index contributed by atoms with van der Waals surface area (Å²) in [4.78, 5) is 13.9. The SMILES string of the molecule is COc1ccc(-c2nc3nc(N(C)C)ccc3[nH]2)cc1F. The van der Waals surface area contributed by atoms with Gasteiger partial charge in [-0.15, -0.1) is 0 Å². The first kappa shape index (κ1) is 13.4. The van der Waals surface area contributed by atoms with Gasteiger partial charge in [-0.05, 0) is 30.3 Å². The molecule has 1 N–H and O–H groups in total. The fraction of sp³-hybridized carbons (Fsp3) is 0.200. The van der Waals surface area contributed by atoms with Gasteiger partial charge in [0.15, 0.2) is 17.2 Å². The van der Waals surface area contributed by atoms with E-state index in [0.29, 0.717) is 17.0 Å². The summed E-state index contributed by atoms with van der Waals surface area (Å²) in [5.41, 5.74) is 2.07. The van der Waals surface area contributed by atoms with Crippen molar-refractivity contribution in [1.29, 1.82) is 0 Å². The summed E-state index contributed by atoms with van der Waals surface area (Å²) in [7, 11) is 5.27. The molecule has 3 rings (SSSR count). The third kappa shape index (κ3) is 2.40. The van der Waals surface area contributed by atoms with E-state index in [1.54, 1.807) is 12.1 Å². The molecule has 5 nitrogen and oxygen atoms in total. The highest BCUT2D eigenvalue weighted by atomic mass is 19.1. The Balaban J connectivity index is 2.06. The summed E-state index contributed by atoms with van der Waals surface area (Å²) >= 11 is 0. The predicted octanol–water partition coefficient (Wildman–Crippen LogP) is 2.84. The first-order valence-electron chi connectivity index (χ1n) is 6.46. The number of fused-ring (bicyclic) bond motifs is 1. The summed E-state index contributed by atoms with van der Waals surface area (Å²) < 4.78 is 18.7. The molecule has 108 valence electrons. The molecule has 0 aliphatic heterocycles. The predicted molar refractivity (Wildman–Crippen MR) is 80.2 cm³/mol. The molecule has 0 atom stereocenters. The van der Waals surface area contributed by atoms with Gasteiger partial charge in [0.1, 0.15) is 11.6 Å². The molecule has 0 radical (unpaired) electrons. The third-order valence-electron chi connectivity index (χ3n) is 3.21. The lowest BCUT2D eigenvalue weighted by Gasteiger charge is -2.09. The Bertz CT molecular complexity index is 797. The van der Waals surface area contributed by atoms with E-state index in [9.17, 15) is 4.39 Å². The highest BCUT2D eigenvalue weighted by Crippen LogP contribution is 2.25. The van der Waals surface area contributed by atoms with Gasteiger partial charge in [-0.1, -0.05) is 0 Å². The lowest BCUT2D eigenvalue weighted by atomic mass is 10.2. The summed E-state index contributed by atoms with van der Waals surface area (Å²) in [6.07, 6.45) is 0. The summed E-state index contributed by atoms with van der Waals surface area (Å²) in [5, 5.41) is 0. The van der Waals surface area contributed by atoms with Crippen LogP contribution in [0, 0.1) is 5.82 Å². The van der Waals surface area contributed by atoms with Crippen LogP contribution in [0.5, 0.6) is 5.75 Å². The van der Waals surface area contributed by atoms with E-state index in [2.05, 4.69) is 15.0 Å². The van der Waals surface area contributed by atoms with E-state index in [-0.39, 0.29) is 5.75 Å². The van der Waals surface area contributed by atoms with E-state index in [0.717, 1.165) is 11.3 Å². The average Bonchev–Trinajstić information content (AvgIpc) is 2.89. The number of aromatic nitrogens is 3. The molecule has 0 amide bonds. The topological polar surface area (TPSA) is 54.0 Å². The van der Waals surface area contributed by atoms with E-state index in [4.69, 9.17) is 4.74 Å². The first-order chi connectivity index (χ1) is 10.1. The van der Waals surface area contributed by atoms with Gasteiger partial charge in [-0.3, -0.25) is 0 Å². The summed E-state index contributed by atoms with van der Waals surface area (Å²) in [6.45, 7) is 0. The van der Waals surface area contributed by atoms with Crippen LogP contribution in [-0.2, 0) is 0 Å². The normalized spacial score (nSPS) is 10.9. The Morgan fingerprint density at radius 2 is 1.95 bits per heavy atom. The van der Waals surface area contributed by atoms with Crippen LogP contribution < -0.4 is 9.64 Å². The largest absolute Gasteiger partial charge is 0.494 e. The second-order valence-electron chi connectivity index (χ2n) is 4.87. The molecule has 6 heteroatoms. The van der Waals surface area contributed by atoms with Crippen molar-refractivity contribution in [2.24, 2.45) is 0 Å². The van der Waals surface area contributed by atoms with Crippen molar-refractivity contribution in [3.05, 3.63) is 36.1 Å². The lowest BCUT2D eigenvalue weighted by molar-refractivity contribution is 0.386. The van der Waals surface area contributed by atoms with Crippen LogP contribution >= 0.6 is 0 Å². The molecule has 0 spiro atoms. The minimum absolute atomic E-state index is 0.211. The van der Waals surface area contributed by atoms with Crippen LogP contribution in [0.25, 0.3) is 22.6 Å². The molecule has 0 aliphatic rings. The zero-order chi connectivity index (χ0) is 15.0. The molecule has 0 bridgehead atoms. The number of H-pyrrole nitrogens is 1. The number of nitrogens with zero attached hydrogens (tertiary/aromatic N) is 3. The number of aromatic amines is 1. The number of benzene rings is 1. The summed E-state index contributed by atoms with van der Waals surface area (Å²) in [6, 6.07) is 8.54. The molecule has 0 fully saturated rings. The first-order valence-corrected chi connectivity index (χ1v) is 6.46. The van der Waals surface area contributed by atoms with Gasteiger partial charge in [0.05, 0.1) is 12.6 Å². The molecule has 0 aliphatic carbocycles. The number of imidazole rings is 1. The monoisotopic (exact) mass is 286 g/mol. The number of hydrogen-bond donors (Lipinski definition) is 1. The molecule has 0 saturated heterocycles. The van der Waals surface area contributed by atoms with Crippen molar-refractivity contribution >= 4 is 17.0 Å². The zero-order valence-electron chi connectivity index (χ0n) is 12.0. The van der Waals surface area contributed by atoms with Crippen LogP contribution in [0.4, 0.5) is 10.2 Å². The molecule has 1 aromatic carbocycles. The number of rotatable bonds is 3. The molecule has 2 aromatic heterocycles. The fourth-order valence-electron chi connectivity index (χ4n) is 2.08. The Morgan fingerprint density at radius 3 is 2.62 bits per heavy atom. The Kier molecular flexibility index (Phi) is 3.21. The number of hydrogen-bond acceptors (Lipinski definition) is 4. The third-order valence-corrected chi connectivity index (χ3v) is 3.21. The highest BCUT2D eigenvalue weighted by molar-refractivity contribution is 5.77. The lowest BCUT2D eigenvalue weighted by Crippen LogP contribution is -2.10. The molecule has 21 heavy (non-hydrogen) atoms. The smallest absolute Gasteiger partial charge is 0.180 e. The van der Waals surface area contributed by atoms with Gasteiger partial charge in [0, 0.05) is 19.7 Å². The van der Waals surface area contributed by atoms with Crippen LogP contribution in [0.3, 0.4) is 0 Å². The maximum Gasteiger partial charge on any atom is 0.180 e. The number of anilines is 1. The van der Waals surface area contributed by atoms with E-state index in [1.807, 2.05) is 31.1 Å². The van der Waals surface area contributed by atoms with E-state index < -0.39 is 5.82 Å². The second-order valence-corrected chi connectivity index (χ2v) is 4.87. The number of ether oxygens (including phenoxy) is 1. The average molecular weight is 286 g/mol. The quantitative estimate of drug-likeness (QED) is 0.804. The van der Waals surface area contributed by atoms with Crippen LogP contribution in [0.2, 0.25) is 0 Å². The number of methoxy groups -OCH3 is 1. The van der Waals surface area contributed by atoms with Crippen molar-refractivity contribution in [1.82, 2.24) is 15.0 Å². The number of halogens is 1. The molecular weight excluding hydrogens is 271 g/mol. The van der Waals surface area contributed by atoms with Crippen molar-refractivity contribution < 1.29 is 9.13 Å². The zero-order valence-corrected chi connectivity index (χ0v) is 12.0. The Hall–Kier alpha value is -2.63. The minimum Gasteiger partial charge on any atom is -0.494 e. The standard InChI is InChI=1S/C15H15FN4O/c1-20(2)13-7-5-11-15(18-13)19-14(17-11)9-4-6-12(21-3)10(16)8-9/h4-8H,1-3H3,(H,17,18,19). The van der Waals surface area contributed by atoms with Crippen LogP contribution in [-0.4, -0.2) is 36.2 Å². The molecule has 3 aromatic rings. The Morgan fingerprint density at radius 1 is 1.14 bits per heavy atom.